The summed E-state index contributed by atoms with van der Waals surface area (Å²) < 4.78 is 0. The fourth-order valence-electron chi connectivity index (χ4n) is 2.23. The fourth-order valence-corrected chi connectivity index (χ4v) is 2.23. The molecule has 0 radical (unpaired) electrons. The second-order valence-electron chi connectivity index (χ2n) is 5.39. The van der Waals surface area contributed by atoms with E-state index in [1.807, 2.05) is 13.0 Å². The zero-order valence-corrected chi connectivity index (χ0v) is 13.3. The van der Waals surface area contributed by atoms with Crippen molar-refractivity contribution in [3.05, 3.63) is 41.1 Å². The number of aryl methyl sites for hydroxylation is 3. The van der Waals surface area contributed by atoms with Crippen molar-refractivity contribution < 1.29 is 0 Å². The third-order valence-corrected chi connectivity index (χ3v) is 3.40. The number of hydrogen-bond acceptors (Lipinski definition) is 4. The molecule has 0 spiro atoms. The summed E-state index contributed by atoms with van der Waals surface area (Å²) in [5.41, 5.74) is 4.51. The Morgan fingerprint density at radius 1 is 1.05 bits per heavy atom. The predicted octanol–water partition coefficient (Wildman–Crippen LogP) is 4.36. The number of rotatable bonds is 6. The maximum atomic E-state index is 4.55. The van der Waals surface area contributed by atoms with Crippen molar-refractivity contribution in [3.8, 4) is 0 Å². The summed E-state index contributed by atoms with van der Waals surface area (Å²) in [4.78, 5) is 8.98. The smallest absolute Gasteiger partial charge is 0.224 e. The van der Waals surface area contributed by atoms with Gasteiger partial charge in [-0.25, -0.2) is 4.98 Å². The third-order valence-electron chi connectivity index (χ3n) is 3.40. The average Bonchev–Trinajstić information content (AvgIpc) is 2.43. The van der Waals surface area contributed by atoms with Crippen molar-refractivity contribution in [2.75, 3.05) is 17.2 Å². The van der Waals surface area contributed by atoms with Crippen LogP contribution in [0.15, 0.2) is 24.3 Å². The van der Waals surface area contributed by atoms with Gasteiger partial charge in [-0.1, -0.05) is 31.5 Å². The van der Waals surface area contributed by atoms with Crippen LogP contribution in [0.3, 0.4) is 0 Å². The molecule has 0 saturated heterocycles. The Morgan fingerprint density at radius 2 is 1.76 bits per heavy atom. The van der Waals surface area contributed by atoms with E-state index < -0.39 is 0 Å². The van der Waals surface area contributed by atoms with Gasteiger partial charge in [0, 0.05) is 24.0 Å². The molecule has 1 aromatic heterocycles. The maximum Gasteiger partial charge on any atom is 0.224 e. The largest absolute Gasteiger partial charge is 0.354 e. The zero-order valence-electron chi connectivity index (χ0n) is 13.3. The molecular formula is C17H24N4. The number of benzene rings is 1. The summed E-state index contributed by atoms with van der Waals surface area (Å²) in [5.74, 6) is 1.52. The van der Waals surface area contributed by atoms with Crippen LogP contribution in [0.25, 0.3) is 0 Å². The van der Waals surface area contributed by atoms with Gasteiger partial charge in [0.05, 0.1) is 0 Å². The van der Waals surface area contributed by atoms with Gasteiger partial charge in [0.2, 0.25) is 5.95 Å². The first kappa shape index (κ1) is 15.3. The van der Waals surface area contributed by atoms with Crippen molar-refractivity contribution >= 4 is 17.5 Å². The van der Waals surface area contributed by atoms with E-state index in [0.29, 0.717) is 5.95 Å². The normalized spacial score (nSPS) is 10.5. The first-order chi connectivity index (χ1) is 10.1. The molecule has 1 aromatic carbocycles. The summed E-state index contributed by atoms with van der Waals surface area (Å²) in [6.45, 7) is 9.27. The van der Waals surface area contributed by atoms with Gasteiger partial charge in [-0.15, -0.1) is 0 Å². The number of anilines is 3. The fraction of sp³-hybridized carbons (Fsp3) is 0.412. The Hall–Kier alpha value is -2.10. The second kappa shape index (κ2) is 7.07. The van der Waals surface area contributed by atoms with E-state index in [1.165, 1.54) is 11.1 Å². The van der Waals surface area contributed by atoms with Gasteiger partial charge in [0.15, 0.2) is 0 Å². The lowest BCUT2D eigenvalue weighted by atomic mass is 10.1. The summed E-state index contributed by atoms with van der Waals surface area (Å²) in [6, 6.07) is 8.24. The molecule has 4 nitrogen and oxygen atoms in total. The van der Waals surface area contributed by atoms with Crippen LogP contribution >= 0.6 is 0 Å². The molecule has 0 bridgehead atoms. The molecule has 0 saturated carbocycles. The average molecular weight is 284 g/mol. The molecule has 0 amide bonds. The van der Waals surface area contributed by atoms with Crippen molar-refractivity contribution in [2.24, 2.45) is 0 Å². The van der Waals surface area contributed by atoms with Gasteiger partial charge in [0.25, 0.3) is 0 Å². The molecule has 1 heterocycles. The molecule has 0 atom stereocenters. The summed E-state index contributed by atoms with van der Waals surface area (Å²) in [6.07, 6.45) is 2.28. The van der Waals surface area contributed by atoms with Crippen LogP contribution in [0, 0.1) is 20.8 Å². The maximum absolute atomic E-state index is 4.55. The standard InChI is InChI=1S/C17H24N4/c1-5-6-10-18-17-19-14(4)11-15(21-17)20-16-12(2)8-7-9-13(16)3/h7-9,11H,5-6,10H2,1-4H3,(H2,18,19,20,21). The van der Waals surface area contributed by atoms with Crippen molar-refractivity contribution in [2.45, 2.75) is 40.5 Å². The Bertz CT molecular complexity index is 587. The van der Waals surface area contributed by atoms with Crippen LogP contribution in [0.4, 0.5) is 17.5 Å². The zero-order chi connectivity index (χ0) is 15.2. The molecule has 0 aliphatic heterocycles. The van der Waals surface area contributed by atoms with Crippen LogP contribution < -0.4 is 10.6 Å². The SMILES string of the molecule is CCCCNc1nc(C)cc(Nc2c(C)cccc2C)n1. The Balaban J connectivity index is 2.20. The first-order valence-corrected chi connectivity index (χ1v) is 7.53. The molecule has 21 heavy (non-hydrogen) atoms. The molecule has 4 heteroatoms. The molecular weight excluding hydrogens is 260 g/mol. The molecule has 2 N–H and O–H groups in total. The number of para-hydroxylation sites is 1. The number of aromatic nitrogens is 2. The highest BCUT2D eigenvalue weighted by molar-refractivity contribution is 5.65. The highest BCUT2D eigenvalue weighted by atomic mass is 15.1. The minimum Gasteiger partial charge on any atom is -0.354 e. The van der Waals surface area contributed by atoms with Crippen molar-refractivity contribution in [3.63, 3.8) is 0 Å². The highest BCUT2D eigenvalue weighted by Crippen LogP contribution is 2.24. The monoisotopic (exact) mass is 284 g/mol. The Morgan fingerprint density at radius 3 is 2.43 bits per heavy atom. The molecule has 0 unspecified atom stereocenters. The number of hydrogen-bond donors (Lipinski definition) is 2. The molecule has 0 fully saturated rings. The Kier molecular flexibility index (Phi) is 5.14. The molecule has 2 aromatic rings. The van der Waals surface area contributed by atoms with Crippen molar-refractivity contribution in [1.82, 2.24) is 9.97 Å². The predicted molar refractivity (Wildman–Crippen MR) is 89.4 cm³/mol. The van der Waals surface area contributed by atoms with Crippen LogP contribution in [0.5, 0.6) is 0 Å². The minimum absolute atomic E-state index is 0.692. The van der Waals surface area contributed by atoms with Gasteiger partial charge in [0.1, 0.15) is 5.82 Å². The first-order valence-electron chi connectivity index (χ1n) is 7.53. The highest BCUT2D eigenvalue weighted by Gasteiger charge is 2.06. The summed E-state index contributed by atoms with van der Waals surface area (Å²) in [5, 5.41) is 6.70. The quantitative estimate of drug-likeness (QED) is 0.774. The molecule has 0 aliphatic rings. The van der Waals surface area contributed by atoms with Crippen LogP contribution in [0.2, 0.25) is 0 Å². The molecule has 112 valence electrons. The lowest BCUT2D eigenvalue weighted by Crippen LogP contribution is -2.08. The van der Waals surface area contributed by atoms with Gasteiger partial charge in [-0.05, 0) is 38.3 Å². The minimum atomic E-state index is 0.692. The van der Waals surface area contributed by atoms with E-state index in [-0.39, 0.29) is 0 Å². The van der Waals surface area contributed by atoms with Crippen LogP contribution in [0.1, 0.15) is 36.6 Å². The third kappa shape index (κ3) is 4.18. The van der Waals surface area contributed by atoms with E-state index in [4.69, 9.17) is 0 Å². The lowest BCUT2D eigenvalue weighted by Gasteiger charge is -2.13. The van der Waals surface area contributed by atoms with E-state index in [1.54, 1.807) is 0 Å². The van der Waals surface area contributed by atoms with E-state index in [2.05, 4.69) is 59.6 Å². The van der Waals surface area contributed by atoms with Crippen molar-refractivity contribution in [1.29, 1.82) is 0 Å². The van der Waals surface area contributed by atoms with Gasteiger partial charge < -0.3 is 10.6 Å². The summed E-state index contributed by atoms with van der Waals surface area (Å²) >= 11 is 0. The van der Waals surface area contributed by atoms with Crippen LogP contribution in [-0.2, 0) is 0 Å². The van der Waals surface area contributed by atoms with E-state index in [9.17, 15) is 0 Å². The summed E-state index contributed by atoms with van der Waals surface area (Å²) in [7, 11) is 0. The van der Waals surface area contributed by atoms with Gasteiger partial charge >= 0.3 is 0 Å². The Labute approximate surface area is 127 Å². The number of nitrogens with one attached hydrogen (secondary N) is 2. The topological polar surface area (TPSA) is 49.8 Å². The van der Waals surface area contributed by atoms with Gasteiger partial charge in [-0.3, -0.25) is 0 Å². The van der Waals surface area contributed by atoms with E-state index in [0.717, 1.165) is 36.6 Å². The second-order valence-corrected chi connectivity index (χ2v) is 5.39. The molecule has 0 aliphatic carbocycles. The molecule has 2 rings (SSSR count). The van der Waals surface area contributed by atoms with Gasteiger partial charge in [-0.2, -0.15) is 4.98 Å². The number of unbranched alkanes of at least 4 members (excludes halogenated alkanes) is 1. The van der Waals surface area contributed by atoms with Crippen LogP contribution in [-0.4, -0.2) is 16.5 Å². The lowest BCUT2D eigenvalue weighted by molar-refractivity contribution is 0.825. The van der Waals surface area contributed by atoms with E-state index >= 15 is 0 Å². The number of nitrogens with zero attached hydrogens (tertiary/aromatic N) is 2.